The largest absolute Gasteiger partial charge is 0.501 e. The second-order valence-corrected chi connectivity index (χ2v) is 5.98. The van der Waals surface area contributed by atoms with Crippen molar-refractivity contribution in [3.63, 3.8) is 0 Å². The Morgan fingerprint density at radius 3 is 1.80 bits per heavy atom. The van der Waals surface area contributed by atoms with Crippen LogP contribution < -0.4 is 5.73 Å². The van der Waals surface area contributed by atoms with E-state index in [9.17, 15) is 4.79 Å². The molecule has 1 unspecified atom stereocenters. The maximum Gasteiger partial charge on any atom is 0.157 e. The molecule has 0 rings (SSSR count). The number of carbonyl (C=O) groups excluding carboxylic acids is 1. The molecular formula is C31H57NO3. The molecule has 0 aromatic rings. The minimum Gasteiger partial charge on any atom is -0.501 e. The van der Waals surface area contributed by atoms with Crippen LogP contribution in [0.3, 0.4) is 0 Å². The molecule has 0 aromatic heterocycles. The van der Waals surface area contributed by atoms with Gasteiger partial charge in [-0.3, -0.25) is 4.79 Å². The molecule has 2 N–H and O–H groups in total. The smallest absolute Gasteiger partial charge is 0.157 e. The van der Waals surface area contributed by atoms with E-state index in [0.717, 1.165) is 12.8 Å². The molecule has 0 spiro atoms. The molecule has 0 aliphatic heterocycles. The van der Waals surface area contributed by atoms with Crippen molar-refractivity contribution in [3.05, 3.63) is 99.2 Å². The second kappa shape index (κ2) is 63.3. The van der Waals surface area contributed by atoms with Crippen LogP contribution in [0.2, 0.25) is 0 Å². The van der Waals surface area contributed by atoms with Crippen LogP contribution in [0.1, 0.15) is 74.7 Å². The van der Waals surface area contributed by atoms with E-state index in [1.165, 1.54) is 18.9 Å². The number of hydrogen-bond acceptors (Lipinski definition) is 4. The summed E-state index contributed by atoms with van der Waals surface area (Å²) in [6.45, 7) is 27.5. The van der Waals surface area contributed by atoms with E-state index in [-0.39, 0.29) is 6.61 Å². The Morgan fingerprint density at radius 1 is 0.886 bits per heavy atom. The minimum absolute atomic E-state index is 0.157. The first-order valence-corrected chi connectivity index (χ1v) is 12.4. The number of aldehydes is 1. The maximum atomic E-state index is 9.52. The van der Waals surface area contributed by atoms with Gasteiger partial charge in [0.15, 0.2) is 6.29 Å². The Kier molecular flexibility index (Phi) is 82.2. The van der Waals surface area contributed by atoms with Crippen molar-refractivity contribution in [2.24, 2.45) is 11.7 Å². The zero-order chi connectivity index (χ0) is 28.4. The summed E-state index contributed by atoms with van der Waals surface area (Å²) in [6.07, 6.45) is 27.7. The van der Waals surface area contributed by atoms with E-state index in [2.05, 4.69) is 44.4 Å². The highest BCUT2D eigenvalue weighted by Crippen LogP contribution is 2.07. The lowest BCUT2D eigenvalue weighted by Crippen LogP contribution is -1.89. The fourth-order valence-electron chi connectivity index (χ4n) is 1.26. The summed E-state index contributed by atoms with van der Waals surface area (Å²) < 4.78 is 9.85. The first-order chi connectivity index (χ1) is 17.0. The number of nitrogens with two attached hydrogens (primary N) is 1. The Labute approximate surface area is 219 Å². The number of hydrogen-bond donors (Lipinski definition) is 1. The molecule has 0 amide bonds. The molecule has 1 atom stereocenters. The van der Waals surface area contributed by atoms with Gasteiger partial charge in [0.2, 0.25) is 0 Å². The Bertz CT molecular complexity index is 511. The van der Waals surface area contributed by atoms with Gasteiger partial charge in [-0.05, 0) is 58.7 Å². The molecule has 35 heavy (non-hydrogen) atoms. The van der Waals surface area contributed by atoms with Gasteiger partial charge in [-0.25, -0.2) is 0 Å². The number of ether oxygens (including phenoxy) is 2. The maximum absolute atomic E-state index is 9.52. The molecule has 0 bridgehead atoms. The second-order valence-electron chi connectivity index (χ2n) is 5.98. The summed E-state index contributed by atoms with van der Waals surface area (Å²) in [7, 11) is 0. The highest BCUT2D eigenvalue weighted by atomic mass is 16.5. The fraction of sp³-hybridized carbons (Fsp3) is 0.452. The minimum atomic E-state index is 0.157. The highest BCUT2D eigenvalue weighted by molar-refractivity contribution is 5.50. The number of rotatable bonds is 12. The van der Waals surface area contributed by atoms with Crippen LogP contribution in [-0.4, -0.2) is 19.5 Å². The average molecular weight is 492 g/mol. The number of allylic oxidation sites excluding steroid dienone is 9. The van der Waals surface area contributed by atoms with E-state index in [1.54, 1.807) is 24.5 Å². The molecule has 0 radical (unpaired) electrons. The van der Waals surface area contributed by atoms with E-state index in [4.69, 9.17) is 10.5 Å². The van der Waals surface area contributed by atoms with Gasteiger partial charge in [-0.1, -0.05) is 88.8 Å². The standard InChI is InChI=1S/C15H22O.C5H8O2.C3H7N.C3H8.C3H6.C2H6/c1-4-7-9-11-15(6-3)12-10-14-16-13-8-5-2;1-2-4-7-5-3-6;1-2-3-4;2*1-3-2;1-2/h4-7,9-11,14-15H,2-3,8,12-13H2,1H3;2-4H,5H2,1H3;2-3H,4H2,1H3;3H2,1-2H3;3H,1H2,2H3;1-2H3/b7-4+,11-9+,14-10+;4-2+;3-2+;;;. The van der Waals surface area contributed by atoms with Gasteiger partial charge in [0.1, 0.15) is 6.61 Å². The van der Waals surface area contributed by atoms with Crippen LogP contribution in [0, 0.1) is 5.92 Å². The van der Waals surface area contributed by atoms with Crippen LogP contribution in [0.4, 0.5) is 0 Å². The zero-order valence-corrected chi connectivity index (χ0v) is 24.1. The van der Waals surface area contributed by atoms with Gasteiger partial charge in [-0.15, -0.1) is 19.7 Å². The molecular weight excluding hydrogens is 434 g/mol. The summed E-state index contributed by atoms with van der Waals surface area (Å²) in [6, 6.07) is 0. The van der Waals surface area contributed by atoms with E-state index in [1.807, 2.05) is 78.0 Å². The highest BCUT2D eigenvalue weighted by Gasteiger charge is 1.94. The van der Waals surface area contributed by atoms with Crippen molar-refractivity contribution in [3.8, 4) is 0 Å². The van der Waals surface area contributed by atoms with Gasteiger partial charge in [0.25, 0.3) is 0 Å². The summed E-state index contributed by atoms with van der Waals surface area (Å²) in [5, 5.41) is 0. The molecule has 0 aromatic carbocycles. The van der Waals surface area contributed by atoms with Crippen molar-refractivity contribution in [2.75, 3.05) is 13.2 Å². The summed E-state index contributed by atoms with van der Waals surface area (Å²) in [4.78, 5) is 9.52. The fourth-order valence-corrected chi connectivity index (χ4v) is 1.26. The lowest BCUT2D eigenvalue weighted by atomic mass is 10.1. The molecule has 4 nitrogen and oxygen atoms in total. The van der Waals surface area contributed by atoms with E-state index < -0.39 is 0 Å². The predicted molar refractivity (Wildman–Crippen MR) is 161 cm³/mol. The lowest BCUT2D eigenvalue weighted by Gasteiger charge is -2.02. The zero-order valence-electron chi connectivity index (χ0n) is 24.1. The first kappa shape index (κ1) is 45.5. The molecule has 4 heteroatoms. The van der Waals surface area contributed by atoms with Gasteiger partial charge in [-0.2, -0.15) is 0 Å². The Balaban J connectivity index is -0.0000000910. The summed E-state index contributed by atoms with van der Waals surface area (Å²) in [5.74, 6) is 0.371. The van der Waals surface area contributed by atoms with Gasteiger partial charge >= 0.3 is 0 Å². The molecule has 0 aliphatic rings. The van der Waals surface area contributed by atoms with E-state index in [0.29, 0.717) is 18.8 Å². The third-order valence-electron chi connectivity index (χ3n) is 2.59. The van der Waals surface area contributed by atoms with Crippen LogP contribution in [-0.2, 0) is 14.3 Å². The van der Waals surface area contributed by atoms with Crippen LogP contribution in [0.25, 0.3) is 0 Å². The van der Waals surface area contributed by atoms with Crippen LogP contribution in [0.5, 0.6) is 0 Å². The normalized spacial score (nSPS) is 10.2. The SMILES string of the molecule is C/C=C/N.C/C=C/OCC=O.C=CC.C=CCCO/C=C/CC(C=C)/C=C/C=C/C.CC.CCC. The molecule has 204 valence electrons. The van der Waals surface area contributed by atoms with Crippen molar-refractivity contribution in [2.45, 2.75) is 74.7 Å². The molecule has 0 heterocycles. The third-order valence-corrected chi connectivity index (χ3v) is 2.59. The van der Waals surface area contributed by atoms with Crippen LogP contribution in [0.15, 0.2) is 99.2 Å². The van der Waals surface area contributed by atoms with Gasteiger partial charge < -0.3 is 15.2 Å². The Morgan fingerprint density at radius 2 is 1.43 bits per heavy atom. The van der Waals surface area contributed by atoms with E-state index >= 15 is 0 Å². The lowest BCUT2D eigenvalue weighted by molar-refractivity contribution is -0.110. The quantitative estimate of drug-likeness (QED) is 0.0971. The van der Waals surface area contributed by atoms with Gasteiger partial charge in [0, 0.05) is 0 Å². The van der Waals surface area contributed by atoms with Crippen molar-refractivity contribution in [1.29, 1.82) is 0 Å². The third kappa shape index (κ3) is 90.2. The van der Waals surface area contributed by atoms with Crippen molar-refractivity contribution >= 4 is 6.29 Å². The molecule has 0 saturated heterocycles. The monoisotopic (exact) mass is 491 g/mol. The van der Waals surface area contributed by atoms with Crippen molar-refractivity contribution < 1.29 is 14.3 Å². The number of carbonyl (C=O) groups is 1. The molecule has 0 aliphatic carbocycles. The van der Waals surface area contributed by atoms with Crippen LogP contribution >= 0.6 is 0 Å². The summed E-state index contributed by atoms with van der Waals surface area (Å²) in [5.41, 5.74) is 4.85. The predicted octanol–water partition coefficient (Wildman–Crippen LogP) is 9.27. The van der Waals surface area contributed by atoms with Gasteiger partial charge in [0.05, 0.1) is 19.1 Å². The molecule has 0 saturated carbocycles. The summed E-state index contributed by atoms with van der Waals surface area (Å²) >= 11 is 0. The van der Waals surface area contributed by atoms with Crippen molar-refractivity contribution in [1.82, 2.24) is 0 Å². The molecule has 0 fully saturated rings. The average Bonchev–Trinajstić information content (AvgIpc) is 2.88. The first-order valence-electron chi connectivity index (χ1n) is 12.4. The topological polar surface area (TPSA) is 61.5 Å². The Hall–Kier alpha value is -3.01.